The Balaban J connectivity index is 4.98. The first-order chi connectivity index (χ1) is 10.8. The lowest BCUT2D eigenvalue weighted by atomic mass is 10.2. The fourth-order valence-electron chi connectivity index (χ4n) is 1.27. The second-order valence-electron chi connectivity index (χ2n) is 7.15. The first-order valence-corrected chi connectivity index (χ1v) is 7.63. The lowest BCUT2D eigenvalue weighted by Gasteiger charge is -2.22. The van der Waals surface area contributed by atoms with Crippen molar-refractivity contribution in [2.45, 2.75) is 59.7 Å². The summed E-state index contributed by atoms with van der Waals surface area (Å²) in [5.74, 6) is -0.0968. The van der Waals surface area contributed by atoms with E-state index in [4.69, 9.17) is 14.6 Å². The van der Waals surface area contributed by atoms with Gasteiger partial charge in [0.05, 0.1) is 13.2 Å². The minimum atomic E-state index is -0.750. The Morgan fingerprint density at radius 3 is 1.75 bits per heavy atom. The highest BCUT2D eigenvalue weighted by Crippen LogP contribution is 2.07. The zero-order valence-electron chi connectivity index (χ0n) is 15.5. The van der Waals surface area contributed by atoms with Gasteiger partial charge in [-0.1, -0.05) is 11.6 Å². The lowest BCUT2D eigenvalue weighted by Crippen LogP contribution is -2.47. The molecule has 2 amide bonds. The van der Waals surface area contributed by atoms with Crippen LogP contribution in [0.5, 0.6) is 0 Å². The minimum absolute atomic E-state index is 0.0934. The van der Waals surface area contributed by atoms with Crippen LogP contribution in [0, 0.1) is 0 Å². The number of hydrogen-bond donors (Lipinski definition) is 3. The van der Waals surface area contributed by atoms with Crippen molar-refractivity contribution in [2.75, 3.05) is 13.2 Å². The molecule has 0 unspecified atom stereocenters. The number of carbonyl (C=O) groups excluding carboxylic acids is 2. The molecule has 0 atom stereocenters. The molecule has 0 radical (unpaired) electrons. The fraction of sp³-hybridized carbons (Fsp3) is 0.688. The Kier molecular flexibility index (Phi) is 8.46. The van der Waals surface area contributed by atoms with Gasteiger partial charge in [0, 0.05) is 0 Å². The standard InChI is InChI=1S/C16H29N3O5/c1-11(10-20)8-9-17-12(18-13(21)23-15(2,3)4)19-14(22)24-16(5,6)7/h8,20H,9-10H2,1-7H3,(H2,17,18,19,21,22)/b11-8+. The van der Waals surface area contributed by atoms with E-state index in [-0.39, 0.29) is 19.1 Å². The number of aliphatic imine (C=N–C) groups is 1. The van der Waals surface area contributed by atoms with Crippen LogP contribution in [-0.2, 0) is 9.47 Å². The molecule has 8 heteroatoms. The van der Waals surface area contributed by atoms with Gasteiger partial charge >= 0.3 is 12.2 Å². The minimum Gasteiger partial charge on any atom is -0.444 e. The number of guanidine groups is 1. The number of carbonyl (C=O) groups is 2. The third-order valence-electron chi connectivity index (χ3n) is 2.18. The number of aliphatic hydroxyl groups excluding tert-OH is 1. The van der Waals surface area contributed by atoms with Gasteiger partial charge in [0.1, 0.15) is 11.2 Å². The molecule has 0 saturated heterocycles. The third-order valence-corrected chi connectivity index (χ3v) is 2.18. The number of rotatable bonds is 3. The van der Waals surface area contributed by atoms with Crippen LogP contribution in [0.1, 0.15) is 48.5 Å². The maximum Gasteiger partial charge on any atom is 0.414 e. The molecule has 0 aliphatic carbocycles. The number of alkyl carbamates (subject to hydrolysis) is 2. The van der Waals surface area contributed by atoms with Gasteiger partial charge in [0.2, 0.25) is 5.96 Å². The number of ether oxygens (including phenoxy) is 2. The smallest absolute Gasteiger partial charge is 0.414 e. The molecule has 0 saturated carbocycles. The van der Waals surface area contributed by atoms with Gasteiger partial charge in [0.15, 0.2) is 0 Å². The van der Waals surface area contributed by atoms with E-state index in [9.17, 15) is 9.59 Å². The summed E-state index contributed by atoms with van der Waals surface area (Å²) in [6.45, 7) is 12.1. The van der Waals surface area contributed by atoms with Crippen molar-refractivity contribution in [1.82, 2.24) is 10.6 Å². The van der Waals surface area contributed by atoms with E-state index in [0.717, 1.165) is 0 Å². The second kappa shape index (κ2) is 9.27. The molecular weight excluding hydrogens is 314 g/mol. The van der Waals surface area contributed by atoms with Crippen molar-refractivity contribution in [2.24, 2.45) is 4.99 Å². The maximum absolute atomic E-state index is 11.8. The van der Waals surface area contributed by atoms with Gasteiger partial charge < -0.3 is 14.6 Å². The molecule has 3 N–H and O–H groups in total. The lowest BCUT2D eigenvalue weighted by molar-refractivity contribution is 0.0545. The summed E-state index contributed by atoms with van der Waals surface area (Å²) >= 11 is 0. The van der Waals surface area contributed by atoms with Crippen molar-refractivity contribution >= 4 is 18.1 Å². The van der Waals surface area contributed by atoms with E-state index in [1.807, 2.05) is 0 Å². The van der Waals surface area contributed by atoms with Crippen molar-refractivity contribution in [3.8, 4) is 0 Å². The van der Waals surface area contributed by atoms with E-state index >= 15 is 0 Å². The van der Waals surface area contributed by atoms with Gasteiger partial charge in [-0.25, -0.2) is 14.6 Å². The number of hydrogen-bond acceptors (Lipinski definition) is 6. The fourth-order valence-corrected chi connectivity index (χ4v) is 1.27. The molecule has 0 rings (SSSR count). The molecule has 0 heterocycles. The highest BCUT2D eigenvalue weighted by atomic mass is 16.6. The van der Waals surface area contributed by atoms with Crippen molar-refractivity contribution in [3.63, 3.8) is 0 Å². The van der Waals surface area contributed by atoms with Crippen LogP contribution in [0.2, 0.25) is 0 Å². The zero-order valence-corrected chi connectivity index (χ0v) is 15.5. The van der Waals surface area contributed by atoms with Crippen LogP contribution in [-0.4, -0.2) is 47.6 Å². The third kappa shape index (κ3) is 12.5. The molecular formula is C16H29N3O5. The van der Waals surface area contributed by atoms with Crippen molar-refractivity contribution < 1.29 is 24.2 Å². The summed E-state index contributed by atoms with van der Waals surface area (Å²) in [5, 5.41) is 13.7. The highest BCUT2D eigenvalue weighted by Gasteiger charge is 2.20. The van der Waals surface area contributed by atoms with E-state index < -0.39 is 23.4 Å². The Morgan fingerprint density at radius 1 is 1.00 bits per heavy atom. The Morgan fingerprint density at radius 2 is 1.42 bits per heavy atom. The van der Waals surface area contributed by atoms with E-state index in [1.165, 1.54) is 0 Å². The number of nitrogens with zero attached hydrogens (tertiary/aromatic N) is 1. The summed E-state index contributed by atoms with van der Waals surface area (Å²) in [4.78, 5) is 27.7. The molecule has 0 aromatic heterocycles. The Bertz CT molecular complexity index is 467. The molecule has 0 aromatic rings. The number of nitrogens with one attached hydrogen (secondary N) is 2. The van der Waals surface area contributed by atoms with E-state index in [2.05, 4.69) is 15.6 Å². The topological polar surface area (TPSA) is 109 Å². The number of aliphatic hydroxyl groups is 1. The summed E-state index contributed by atoms with van der Waals surface area (Å²) < 4.78 is 10.2. The van der Waals surface area contributed by atoms with Crippen LogP contribution < -0.4 is 10.6 Å². The first-order valence-electron chi connectivity index (χ1n) is 7.63. The van der Waals surface area contributed by atoms with Crippen molar-refractivity contribution in [1.29, 1.82) is 0 Å². The van der Waals surface area contributed by atoms with E-state index in [1.54, 1.807) is 54.5 Å². The van der Waals surface area contributed by atoms with Crippen LogP contribution in [0.4, 0.5) is 9.59 Å². The monoisotopic (exact) mass is 343 g/mol. The number of amides is 2. The highest BCUT2D eigenvalue weighted by molar-refractivity contribution is 6.01. The Hall–Kier alpha value is -2.09. The van der Waals surface area contributed by atoms with Gasteiger partial charge in [-0.3, -0.25) is 10.6 Å². The largest absolute Gasteiger partial charge is 0.444 e. The predicted molar refractivity (Wildman–Crippen MR) is 91.9 cm³/mol. The Labute approximate surface area is 143 Å². The van der Waals surface area contributed by atoms with Crippen LogP contribution >= 0.6 is 0 Å². The molecule has 138 valence electrons. The van der Waals surface area contributed by atoms with Gasteiger partial charge in [-0.05, 0) is 48.5 Å². The SMILES string of the molecule is C/C(=C\CN=C(NC(=O)OC(C)(C)C)NC(=O)OC(C)(C)C)CO. The van der Waals surface area contributed by atoms with Gasteiger partial charge in [-0.2, -0.15) is 0 Å². The average molecular weight is 343 g/mol. The normalized spacial score (nSPS) is 12.2. The average Bonchev–Trinajstić information content (AvgIpc) is 2.33. The summed E-state index contributed by atoms with van der Waals surface area (Å²) in [7, 11) is 0. The molecule has 0 fully saturated rings. The molecule has 0 aliphatic heterocycles. The molecule has 0 bridgehead atoms. The molecule has 8 nitrogen and oxygen atoms in total. The van der Waals surface area contributed by atoms with Crippen LogP contribution in [0.3, 0.4) is 0 Å². The van der Waals surface area contributed by atoms with E-state index in [0.29, 0.717) is 5.57 Å². The molecule has 24 heavy (non-hydrogen) atoms. The van der Waals surface area contributed by atoms with Crippen LogP contribution in [0.15, 0.2) is 16.6 Å². The summed E-state index contributed by atoms with van der Waals surface area (Å²) in [5.41, 5.74) is -0.657. The van der Waals surface area contributed by atoms with Gasteiger partial charge in [0.25, 0.3) is 0 Å². The van der Waals surface area contributed by atoms with Gasteiger partial charge in [-0.15, -0.1) is 0 Å². The second-order valence-corrected chi connectivity index (χ2v) is 7.15. The predicted octanol–water partition coefficient (Wildman–Crippen LogP) is 2.33. The van der Waals surface area contributed by atoms with Crippen LogP contribution in [0.25, 0.3) is 0 Å². The van der Waals surface area contributed by atoms with Crippen molar-refractivity contribution in [3.05, 3.63) is 11.6 Å². The summed E-state index contributed by atoms with van der Waals surface area (Å²) in [6.07, 6.45) is 0.161. The summed E-state index contributed by atoms with van der Waals surface area (Å²) in [6, 6.07) is 0. The first kappa shape index (κ1) is 21.9. The molecule has 0 aromatic carbocycles. The zero-order chi connectivity index (χ0) is 19.0. The molecule has 0 aliphatic rings. The molecule has 0 spiro atoms. The maximum atomic E-state index is 11.8. The quantitative estimate of drug-likeness (QED) is 0.414.